The second-order valence-corrected chi connectivity index (χ2v) is 22.9. The third-order valence-electron chi connectivity index (χ3n) is 15.6. The normalized spacial score (nSPS) is 20.1. The van der Waals surface area contributed by atoms with Crippen LogP contribution in [0.25, 0.3) is 54.9 Å². The molecule has 79 heavy (non-hydrogen) atoms. The molecule has 0 radical (unpaired) electrons. The number of aliphatic hydroxyl groups excluding tert-OH is 1. The molecule has 1 unspecified atom stereocenters. The number of hydrogen-bond donors (Lipinski definition) is 5. The number of amides is 4. The minimum Gasteiger partial charge on any atom is -0.453 e. The van der Waals surface area contributed by atoms with Crippen molar-refractivity contribution in [3.8, 4) is 32.8 Å². The van der Waals surface area contributed by atoms with Crippen molar-refractivity contribution in [2.24, 2.45) is 12.5 Å². The average molecular weight is 1100 g/mol. The third kappa shape index (κ3) is 11.3. The van der Waals surface area contributed by atoms with Crippen LogP contribution in [0.3, 0.4) is 0 Å². The number of benzene rings is 2. The molecule has 5 N–H and O–H groups in total. The number of methoxy groups -OCH3 is 1. The number of nitrogens with zero attached hydrogens (tertiary/aromatic N) is 7. The number of rotatable bonds is 15. The van der Waals surface area contributed by atoms with E-state index in [2.05, 4.69) is 31.0 Å². The molecule has 0 spiro atoms. The number of hydrogen-bond acceptors (Lipinski definition) is 13. The van der Waals surface area contributed by atoms with Gasteiger partial charge in [-0.25, -0.2) is 19.6 Å². The van der Waals surface area contributed by atoms with E-state index < -0.39 is 47.6 Å². The molecule has 22 heteroatoms. The number of pyridine rings is 1. The summed E-state index contributed by atoms with van der Waals surface area (Å²) < 4.78 is 38.3. The fourth-order valence-corrected chi connectivity index (χ4v) is 12.2. The van der Waals surface area contributed by atoms with Crippen molar-refractivity contribution in [1.29, 1.82) is 0 Å². The maximum Gasteiger partial charge on any atom is 0.407 e. The summed E-state index contributed by atoms with van der Waals surface area (Å²) in [5.41, 5.74) is 8.50. The van der Waals surface area contributed by atoms with E-state index in [1.807, 2.05) is 88.7 Å². The summed E-state index contributed by atoms with van der Waals surface area (Å²) in [4.78, 5) is 83.2. The Morgan fingerprint density at radius 1 is 1.01 bits per heavy atom. The first-order valence-corrected chi connectivity index (χ1v) is 27.8. The first-order chi connectivity index (χ1) is 37.9. The van der Waals surface area contributed by atoms with Crippen LogP contribution in [0, 0.1) is 18.3 Å². The number of imidazole rings is 1. The zero-order chi connectivity index (χ0) is 55.9. The van der Waals surface area contributed by atoms with E-state index in [-0.39, 0.29) is 80.4 Å². The highest BCUT2D eigenvalue weighted by Gasteiger charge is 2.45. The number of fused-ring (bicyclic) bond motifs is 5. The SMILES string of the molecule is COC(=O)NC1C[C@H]2C[C@H]1OCCCc1ccc(cc1)-c1c(-c3cn(CCOCCCC(=O)N[C@H](C(=O)N4C[C@H](O)C[C@H]4C(=O)N[C@@H](C)c4ccc(-c5scnc5C)cc4)C(C)(C)C)nc3F)[nH]c3ncc4c(c13)n2c(=O)n4C. The molecule has 8 heterocycles. The number of alkyl carbamates (subject to hydrolysis) is 1. The van der Waals surface area contributed by atoms with E-state index in [9.17, 15) is 29.1 Å². The zero-order valence-electron chi connectivity index (χ0n) is 45.5. The second-order valence-electron chi connectivity index (χ2n) is 22.1. The molecule has 2 fully saturated rings. The van der Waals surface area contributed by atoms with Gasteiger partial charge in [-0.15, -0.1) is 16.4 Å². The number of aromatic amines is 1. The van der Waals surface area contributed by atoms with Crippen molar-refractivity contribution in [3.05, 3.63) is 99.7 Å². The third-order valence-corrected chi connectivity index (χ3v) is 16.6. The van der Waals surface area contributed by atoms with E-state index >= 15 is 4.39 Å². The Labute approximate surface area is 460 Å². The average Bonchev–Trinajstić information content (AvgIpc) is 4.44. The molecule has 1 saturated carbocycles. The van der Waals surface area contributed by atoms with Gasteiger partial charge in [-0.1, -0.05) is 69.3 Å². The van der Waals surface area contributed by atoms with Gasteiger partial charge in [0.2, 0.25) is 23.7 Å². The molecule has 3 aliphatic heterocycles. The lowest BCUT2D eigenvalue weighted by Crippen LogP contribution is -2.57. The summed E-state index contributed by atoms with van der Waals surface area (Å²) in [7, 11) is 3.01. The minimum absolute atomic E-state index is 0.0435. The zero-order valence-corrected chi connectivity index (χ0v) is 46.3. The van der Waals surface area contributed by atoms with Gasteiger partial charge in [-0.3, -0.25) is 28.2 Å². The van der Waals surface area contributed by atoms with Crippen molar-refractivity contribution >= 4 is 57.2 Å². The van der Waals surface area contributed by atoms with Crippen LogP contribution < -0.4 is 21.6 Å². The summed E-state index contributed by atoms with van der Waals surface area (Å²) in [6, 6.07) is 12.9. The maximum atomic E-state index is 16.3. The number of carbonyl (C=O) groups excluding carboxylic acids is 4. The molecule has 2 aromatic carbocycles. The molecule has 4 bridgehead atoms. The maximum absolute atomic E-state index is 16.3. The Kier molecular flexibility index (Phi) is 15.9. The molecule has 7 atom stereocenters. The summed E-state index contributed by atoms with van der Waals surface area (Å²) in [6.45, 7) is 10.3. The standard InChI is InChI=1S/C57H68FN11O9S/c1-31(34-16-18-36(19-17-34)49-32(2)60-30-79-49)61-53(72)41-26-38(70)28-68(41)54(73)50(57(3,4)5)63-44(71)11-9-21-77-23-20-67-29-39(51(58)65-67)47-45-35-14-12-33(13-15-35)10-8-22-78-43-25-37(24-40(43)62-55(74)76-7)69-48-42(66(6)56(69)75)27-59-52(64-47)46(45)48/h12-19,27,29-31,37-38,40-41,43,50,70H,8-11,20-26,28H2,1-7H3,(H,59,64)(H,61,72)(H,62,74)(H,63,71)/t31-,37-,38+,40?,41-,43+,50+/m0/s1. The summed E-state index contributed by atoms with van der Waals surface area (Å²) in [5, 5.41) is 24.5. The van der Waals surface area contributed by atoms with Crippen LogP contribution in [-0.4, -0.2) is 131 Å². The molecule has 5 aromatic heterocycles. The predicted molar refractivity (Wildman–Crippen MR) is 296 cm³/mol. The van der Waals surface area contributed by atoms with Gasteiger partial charge < -0.3 is 45.2 Å². The number of nitrogens with one attached hydrogen (secondary N) is 4. The molecule has 11 rings (SSSR count). The van der Waals surface area contributed by atoms with Crippen LogP contribution in [0.1, 0.15) is 95.1 Å². The Bertz CT molecular complexity index is 3450. The molecular formula is C57H68FN11O9S. The van der Waals surface area contributed by atoms with Crippen molar-refractivity contribution in [2.45, 2.75) is 129 Å². The van der Waals surface area contributed by atoms with Crippen molar-refractivity contribution in [2.75, 3.05) is 33.5 Å². The van der Waals surface area contributed by atoms with Crippen LogP contribution in [-0.2, 0) is 48.6 Å². The number of ether oxygens (including phenoxy) is 3. The Morgan fingerprint density at radius 3 is 2.49 bits per heavy atom. The van der Waals surface area contributed by atoms with Gasteiger partial charge in [0.1, 0.15) is 17.7 Å². The van der Waals surface area contributed by atoms with E-state index in [1.165, 1.54) is 16.7 Å². The number of aryl methyl sites for hydroxylation is 3. The second kappa shape index (κ2) is 22.8. The first-order valence-electron chi connectivity index (χ1n) is 26.9. The smallest absolute Gasteiger partial charge is 0.407 e. The largest absolute Gasteiger partial charge is 0.453 e. The van der Waals surface area contributed by atoms with Crippen LogP contribution >= 0.6 is 11.3 Å². The fourth-order valence-electron chi connectivity index (χ4n) is 11.4. The Balaban J connectivity index is 0.789. The molecule has 4 amide bonds. The summed E-state index contributed by atoms with van der Waals surface area (Å²) in [5.74, 6) is -1.94. The molecule has 1 saturated heterocycles. The summed E-state index contributed by atoms with van der Waals surface area (Å²) >= 11 is 1.56. The molecule has 4 aliphatic rings. The molecule has 7 aromatic rings. The van der Waals surface area contributed by atoms with Gasteiger partial charge in [0.05, 0.1) is 94.5 Å². The highest BCUT2D eigenvalue weighted by molar-refractivity contribution is 7.13. The number of thiazole rings is 1. The van der Waals surface area contributed by atoms with Crippen LogP contribution in [0.15, 0.2) is 71.2 Å². The van der Waals surface area contributed by atoms with Gasteiger partial charge in [0.15, 0.2) is 0 Å². The van der Waals surface area contributed by atoms with E-state index in [4.69, 9.17) is 19.2 Å². The van der Waals surface area contributed by atoms with Gasteiger partial charge >= 0.3 is 11.8 Å². The van der Waals surface area contributed by atoms with Gasteiger partial charge in [0.25, 0.3) is 0 Å². The molecular weight excluding hydrogens is 1030 g/mol. The van der Waals surface area contributed by atoms with Crippen molar-refractivity contribution < 1.29 is 42.9 Å². The van der Waals surface area contributed by atoms with Crippen molar-refractivity contribution in [3.63, 3.8) is 0 Å². The molecule has 1 aliphatic carbocycles. The molecule has 20 nitrogen and oxygen atoms in total. The van der Waals surface area contributed by atoms with Gasteiger partial charge in [-0.05, 0) is 73.6 Å². The number of H-pyrrole nitrogens is 1. The van der Waals surface area contributed by atoms with E-state index in [1.54, 1.807) is 39.9 Å². The molecule has 418 valence electrons. The highest BCUT2D eigenvalue weighted by Crippen LogP contribution is 2.44. The van der Waals surface area contributed by atoms with E-state index in [0.29, 0.717) is 59.2 Å². The predicted octanol–water partition coefficient (Wildman–Crippen LogP) is 6.88. The lowest BCUT2D eigenvalue weighted by Gasteiger charge is -2.35. The highest BCUT2D eigenvalue weighted by atomic mass is 32.1. The minimum atomic E-state index is -0.985. The van der Waals surface area contributed by atoms with E-state index in [0.717, 1.165) is 45.7 Å². The number of aromatic nitrogens is 7. The topological polar surface area (TPSA) is 242 Å². The van der Waals surface area contributed by atoms with Crippen LogP contribution in [0.2, 0.25) is 0 Å². The van der Waals surface area contributed by atoms with Crippen LogP contribution in [0.4, 0.5) is 9.18 Å². The number of carbonyl (C=O) groups is 4. The van der Waals surface area contributed by atoms with Crippen molar-refractivity contribution in [1.82, 2.24) is 54.7 Å². The van der Waals surface area contributed by atoms with Crippen LogP contribution in [0.5, 0.6) is 0 Å². The van der Waals surface area contributed by atoms with Gasteiger partial charge in [0, 0.05) is 57.4 Å². The number of likely N-dealkylation sites (tertiary alicyclic amines) is 1. The fraction of sp³-hybridized carbons (Fsp3) is 0.474. The monoisotopic (exact) mass is 1100 g/mol. The lowest BCUT2D eigenvalue weighted by atomic mass is 9.85. The first kappa shape index (κ1) is 55.1. The number of β-amino-alcohol motifs (C(OH)–C–C–N with tert-alkyl or cyclic N) is 1. The van der Waals surface area contributed by atoms with Gasteiger partial charge in [-0.2, -0.15) is 4.39 Å². The Morgan fingerprint density at radius 2 is 1.77 bits per heavy atom. The summed E-state index contributed by atoms with van der Waals surface area (Å²) in [6.07, 6.45) is 4.19. The number of aliphatic hydroxyl groups is 1. The lowest BCUT2D eigenvalue weighted by molar-refractivity contribution is -0.144. The quantitative estimate of drug-likeness (QED) is 0.0661. The Hall–Kier alpha value is -7.27. The number of halogens is 1.